The van der Waals surface area contributed by atoms with Crippen LogP contribution in [0.4, 0.5) is 0 Å². The summed E-state index contributed by atoms with van der Waals surface area (Å²) in [6.07, 6.45) is 19.1. The van der Waals surface area contributed by atoms with E-state index in [4.69, 9.17) is 0 Å². The van der Waals surface area contributed by atoms with E-state index in [2.05, 4.69) is 50.2 Å². The van der Waals surface area contributed by atoms with Gasteiger partial charge < -0.3 is 0 Å². The van der Waals surface area contributed by atoms with Gasteiger partial charge in [0.25, 0.3) is 0 Å². The van der Waals surface area contributed by atoms with Crippen molar-refractivity contribution in [3.8, 4) is 0 Å². The highest BCUT2D eigenvalue weighted by Crippen LogP contribution is 2.36. The maximum absolute atomic E-state index is 2.55. The molecule has 0 spiro atoms. The minimum absolute atomic E-state index is 1.26. The molecule has 0 aliphatic carbocycles. The lowest BCUT2D eigenvalue weighted by Crippen LogP contribution is -1.96. The molecular formula is C28H40S. The van der Waals surface area contributed by atoms with Crippen molar-refractivity contribution in [3.05, 3.63) is 47.5 Å². The topological polar surface area (TPSA) is 0 Å². The van der Waals surface area contributed by atoms with Crippen LogP contribution in [-0.2, 0) is 12.8 Å². The number of hydrogen-bond acceptors (Lipinski definition) is 1. The molecular weight excluding hydrogens is 368 g/mol. The summed E-state index contributed by atoms with van der Waals surface area (Å²) in [6, 6.07) is 14.0. The van der Waals surface area contributed by atoms with E-state index in [0.717, 1.165) is 0 Å². The fourth-order valence-corrected chi connectivity index (χ4v) is 5.67. The summed E-state index contributed by atoms with van der Waals surface area (Å²) >= 11 is 1.97. The first-order valence-electron chi connectivity index (χ1n) is 12.3. The molecule has 29 heavy (non-hydrogen) atoms. The van der Waals surface area contributed by atoms with Gasteiger partial charge in [-0.1, -0.05) is 96.3 Å². The van der Waals surface area contributed by atoms with E-state index in [0.29, 0.717) is 0 Å². The van der Waals surface area contributed by atoms with Gasteiger partial charge in [-0.15, -0.1) is 11.3 Å². The summed E-state index contributed by atoms with van der Waals surface area (Å²) in [7, 11) is 0. The average molecular weight is 409 g/mol. The Kier molecular flexibility index (Phi) is 9.54. The summed E-state index contributed by atoms with van der Waals surface area (Å²) in [5, 5.41) is 2.93. The quantitative estimate of drug-likeness (QED) is 0.233. The van der Waals surface area contributed by atoms with Gasteiger partial charge in [-0.2, -0.15) is 0 Å². The fourth-order valence-electron chi connectivity index (χ4n) is 4.52. The van der Waals surface area contributed by atoms with Crippen molar-refractivity contribution in [2.24, 2.45) is 0 Å². The smallest absolute Gasteiger partial charge is 0.0358 e. The number of benzene rings is 2. The molecule has 158 valence electrons. The molecule has 0 saturated heterocycles. The molecule has 0 aliphatic rings. The highest BCUT2D eigenvalue weighted by molar-refractivity contribution is 7.25. The lowest BCUT2D eigenvalue weighted by atomic mass is 9.94. The number of unbranched alkanes of at least 4 members (excludes halogenated alkanes) is 10. The monoisotopic (exact) mass is 408 g/mol. The van der Waals surface area contributed by atoms with E-state index in [9.17, 15) is 0 Å². The Hall–Kier alpha value is -1.34. The minimum Gasteiger partial charge on any atom is -0.135 e. The summed E-state index contributed by atoms with van der Waals surface area (Å²) in [6.45, 7) is 4.60. The van der Waals surface area contributed by atoms with Crippen molar-refractivity contribution >= 4 is 31.5 Å². The zero-order valence-corrected chi connectivity index (χ0v) is 19.6. The van der Waals surface area contributed by atoms with E-state index in [1.807, 2.05) is 11.3 Å². The van der Waals surface area contributed by atoms with E-state index in [1.54, 1.807) is 11.1 Å². The highest BCUT2D eigenvalue weighted by Gasteiger charge is 2.10. The summed E-state index contributed by atoms with van der Waals surface area (Å²) in [4.78, 5) is 0. The van der Waals surface area contributed by atoms with Crippen LogP contribution in [0, 0.1) is 0 Å². The number of aryl methyl sites for hydroxylation is 2. The first-order chi connectivity index (χ1) is 14.3. The van der Waals surface area contributed by atoms with Crippen LogP contribution in [0.15, 0.2) is 36.4 Å². The number of fused-ring (bicyclic) bond motifs is 3. The van der Waals surface area contributed by atoms with Crippen LogP contribution in [0.1, 0.15) is 102 Å². The van der Waals surface area contributed by atoms with Crippen molar-refractivity contribution in [2.75, 3.05) is 0 Å². The highest BCUT2D eigenvalue weighted by atomic mass is 32.1. The SMILES string of the molecule is CCCCCCCCc1cc2sc3ccccc3c2cc1CCCCCCCC. The normalized spacial score (nSPS) is 11.7. The van der Waals surface area contributed by atoms with Crippen LogP contribution in [0.2, 0.25) is 0 Å². The van der Waals surface area contributed by atoms with Crippen LogP contribution < -0.4 is 0 Å². The van der Waals surface area contributed by atoms with Crippen LogP contribution in [0.3, 0.4) is 0 Å². The zero-order chi connectivity index (χ0) is 20.3. The lowest BCUT2D eigenvalue weighted by Gasteiger charge is -2.11. The molecule has 0 atom stereocenters. The second-order valence-corrected chi connectivity index (χ2v) is 9.83. The van der Waals surface area contributed by atoms with Crippen molar-refractivity contribution < 1.29 is 0 Å². The predicted molar refractivity (Wildman–Crippen MR) is 133 cm³/mol. The van der Waals surface area contributed by atoms with Gasteiger partial charge in [0, 0.05) is 20.2 Å². The summed E-state index contributed by atoms with van der Waals surface area (Å²) in [5.74, 6) is 0. The maximum atomic E-state index is 2.55. The van der Waals surface area contributed by atoms with Gasteiger partial charge in [-0.05, 0) is 55.0 Å². The molecule has 0 unspecified atom stereocenters. The van der Waals surface area contributed by atoms with Gasteiger partial charge in [0.05, 0.1) is 0 Å². The third-order valence-electron chi connectivity index (χ3n) is 6.30. The van der Waals surface area contributed by atoms with Crippen LogP contribution >= 0.6 is 11.3 Å². The van der Waals surface area contributed by atoms with Crippen LogP contribution in [0.25, 0.3) is 20.2 Å². The summed E-state index contributed by atoms with van der Waals surface area (Å²) < 4.78 is 2.92. The first kappa shape index (κ1) is 22.3. The Bertz CT molecular complexity index is 857. The molecule has 0 radical (unpaired) electrons. The van der Waals surface area contributed by atoms with E-state index >= 15 is 0 Å². The molecule has 1 heteroatoms. The lowest BCUT2D eigenvalue weighted by molar-refractivity contribution is 0.599. The molecule has 3 aromatic rings. The van der Waals surface area contributed by atoms with Crippen molar-refractivity contribution in [3.63, 3.8) is 0 Å². The van der Waals surface area contributed by atoms with Crippen LogP contribution in [-0.4, -0.2) is 0 Å². The zero-order valence-electron chi connectivity index (χ0n) is 18.8. The van der Waals surface area contributed by atoms with Gasteiger partial charge in [0.2, 0.25) is 0 Å². The van der Waals surface area contributed by atoms with Crippen molar-refractivity contribution in [2.45, 2.75) is 104 Å². The predicted octanol–water partition coefficient (Wildman–Crippen LogP) is 9.86. The first-order valence-corrected chi connectivity index (χ1v) is 13.1. The number of thiophene rings is 1. The molecule has 0 nitrogen and oxygen atoms in total. The third-order valence-corrected chi connectivity index (χ3v) is 7.43. The third kappa shape index (κ3) is 6.57. The van der Waals surface area contributed by atoms with E-state index in [-0.39, 0.29) is 0 Å². The average Bonchev–Trinajstić information content (AvgIpc) is 3.10. The Morgan fingerprint density at radius 1 is 0.552 bits per heavy atom. The molecule has 0 saturated carbocycles. The largest absolute Gasteiger partial charge is 0.135 e. The molecule has 2 aromatic carbocycles. The van der Waals surface area contributed by atoms with Gasteiger partial charge in [0.15, 0.2) is 0 Å². The molecule has 3 rings (SSSR count). The molecule has 0 fully saturated rings. The molecule has 0 bridgehead atoms. The van der Waals surface area contributed by atoms with Gasteiger partial charge in [-0.25, -0.2) is 0 Å². The fraction of sp³-hybridized carbons (Fsp3) is 0.571. The number of rotatable bonds is 14. The second-order valence-electron chi connectivity index (χ2n) is 8.75. The molecule has 1 heterocycles. The molecule has 0 amide bonds. The van der Waals surface area contributed by atoms with E-state index in [1.165, 1.54) is 110 Å². The minimum atomic E-state index is 1.26. The molecule has 0 N–H and O–H groups in total. The maximum Gasteiger partial charge on any atom is 0.0358 e. The second kappa shape index (κ2) is 12.4. The summed E-state index contributed by atoms with van der Waals surface area (Å²) in [5.41, 5.74) is 3.26. The van der Waals surface area contributed by atoms with Crippen LogP contribution in [0.5, 0.6) is 0 Å². The van der Waals surface area contributed by atoms with E-state index < -0.39 is 0 Å². The van der Waals surface area contributed by atoms with Crippen molar-refractivity contribution in [1.82, 2.24) is 0 Å². The van der Waals surface area contributed by atoms with Gasteiger partial charge in [0.1, 0.15) is 0 Å². The van der Waals surface area contributed by atoms with Gasteiger partial charge >= 0.3 is 0 Å². The standard InChI is InChI=1S/C28H40S/c1-3-5-7-9-11-13-17-23-21-26-25-19-15-16-20-27(25)29-28(26)22-24(23)18-14-12-10-8-6-4-2/h15-16,19-22H,3-14,17-18H2,1-2H3. The Labute approximate surface area is 182 Å². The van der Waals surface area contributed by atoms with Gasteiger partial charge in [-0.3, -0.25) is 0 Å². The number of hydrogen-bond donors (Lipinski definition) is 0. The Morgan fingerprint density at radius 3 is 1.76 bits per heavy atom. The Balaban J connectivity index is 1.69. The molecule has 0 aliphatic heterocycles. The Morgan fingerprint density at radius 2 is 1.10 bits per heavy atom. The van der Waals surface area contributed by atoms with Crippen molar-refractivity contribution in [1.29, 1.82) is 0 Å². The molecule has 1 aromatic heterocycles.